The van der Waals surface area contributed by atoms with Crippen molar-refractivity contribution < 1.29 is 14.4 Å². The third kappa shape index (κ3) is 4.64. The van der Waals surface area contributed by atoms with Gasteiger partial charge in [-0.1, -0.05) is 6.92 Å². The maximum atomic E-state index is 13.0. The summed E-state index contributed by atoms with van der Waals surface area (Å²) in [7, 11) is 0. The first-order valence-corrected chi connectivity index (χ1v) is 10.9. The zero-order chi connectivity index (χ0) is 19.4. The van der Waals surface area contributed by atoms with Crippen LogP contribution < -0.4 is 0 Å². The number of nitrogens with zero attached hydrogens (tertiary/aromatic N) is 3. The van der Waals surface area contributed by atoms with Gasteiger partial charge in [0.25, 0.3) is 0 Å². The number of likely N-dealkylation sites (tertiary alicyclic amines) is 1. The number of amides is 3. The normalized spacial score (nSPS) is 29.6. The van der Waals surface area contributed by atoms with E-state index < -0.39 is 0 Å². The molecule has 2 aliphatic heterocycles. The number of piperazine rings is 1. The molecule has 0 spiro atoms. The van der Waals surface area contributed by atoms with Gasteiger partial charge >= 0.3 is 0 Å². The lowest BCUT2D eigenvalue weighted by Gasteiger charge is -2.40. The highest BCUT2D eigenvalue weighted by molar-refractivity contribution is 5.82. The molecule has 27 heavy (non-hydrogen) atoms. The molecule has 1 atom stereocenters. The molecule has 0 bridgehead atoms. The zero-order valence-corrected chi connectivity index (χ0v) is 17.0. The van der Waals surface area contributed by atoms with Gasteiger partial charge in [0.2, 0.25) is 17.7 Å². The van der Waals surface area contributed by atoms with Crippen molar-refractivity contribution in [2.45, 2.75) is 71.3 Å². The van der Waals surface area contributed by atoms with Crippen LogP contribution in [-0.2, 0) is 14.4 Å². The lowest BCUT2D eigenvalue weighted by atomic mass is 9.80. The minimum Gasteiger partial charge on any atom is -0.339 e. The lowest BCUT2D eigenvalue weighted by molar-refractivity contribution is -0.145. The summed E-state index contributed by atoms with van der Waals surface area (Å²) in [6, 6.07) is 0.420. The Morgan fingerprint density at radius 2 is 1.30 bits per heavy atom. The van der Waals surface area contributed by atoms with Crippen molar-refractivity contribution in [2.24, 2.45) is 11.8 Å². The van der Waals surface area contributed by atoms with Crippen LogP contribution in [0.4, 0.5) is 0 Å². The molecule has 0 N–H and O–H groups in total. The Morgan fingerprint density at radius 3 is 1.85 bits per heavy atom. The van der Waals surface area contributed by atoms with Crippen molar-refractivity contribution in [3.63, 3.8) is 0 Å². The minimum atomic E-state index is 0.0567. The molecule has 6 heteroatoms. The Kier molecular flexibility index (Phi) is 6.77. The van der Waals surface area contributed by atoms with E-state index in [4.69, 9.17) is 0 Å². The highest BCUT2D eigenvalue weighted by atomic mass is 16.2. The molecule has 3 aliphatic rings. The van der Waals surface area contributed by atoms with E-state index in [1.54, 1.807) is 6.92 Å². The summed E-state index contributed by atoms with van der Waals surface area (Å²) in [5.41, 5.74) is 0. The van der Waals surface area contributed by atoms with Crippen LogP contribution in [0.5, 0.6) is 0 Å². The first-order valence-electron chi connectivity index (χ1n) is 10.9. The number of rotatable bonds is 3. The standard InChI is InChI=1S/C21H35N3O3/c1-3-19-6-4-5-11-24(19)21(27)18-9-7-17(8-10-18)20(26)23-14-12-22(13-15-23)16(2)25/h17-19H,3-15H2,1-2H3. The number of piperidine rings is 1. The molecule has 1 unspecified atom stereocenters. The van der Waals surface area contributed by atoms with Crippen LogP contribution in [0.25, 0.3) is 0 Å². The molecule has 1 aliphatic carbocycles. The Morgan fingerprint density at radius 1 is 0.741 bits per heavy atom. The van der Waals surface area contributed by atoms with E-state index in [1.807, 2.05) is 9.80 Å². The second-order valence-electron chi connectivity index (χ2n) is 8.47. The second kappa shape index (κ2) is 9.07. The van der Waals surface area contributed by atoms with E-state index in [9.17, 15) is 14.4 Å². The largest absolute Gasteiger partial charge is 0.339 e. The summed E-state index contributed by atoms with van der Waals surface area (Å²) in [6.07, 6.45) is 7.89. The van der Waals surface area contributed by atoms with Crippen LogP contribution in [0.15, 0.2) is 0 Å². The zero-order valence-electron chi connectivity index (χ0n) is 17.0. The molecule has 2 saturated heterocycles. The third-order valence-electron chi connectivity index (χ3n) is 6.84. The SMILES string of the molecule is CCC1CCCCN1C(=O)C1CCC(C(=O)N2CCN(C(C)=O)CC2)CC1. The van der Waals surface area contributed by atoms with Gasteiger partial charge in [-0.15, -0.1) is 0 Å². The first-order chi connectivity index (χ1) is 13.0. The maximum absolute atomic E-state index is 13.0. The van der Waals surface area contributed by atoms with Crippen molar-refractivity contribution in [3.8, 4) is 0 Å². The van der Waals surface area contributed by atoms with Gasteiger partial charge in [0.15, 0.2) is 0 Å². The van der Waals surface area contributed by atoms with E-state index in [1.165, 1.54) is 6.42 Å². The Bertz CT molecular complexity index is 549. The van der Waals surface area contributed by atoms with Crippen LogP contribution in [-0.4, -0.2) is 71.2 Å². The van der Waals surface area contributed by atoms with Crippen molar-refractivity contribution in [2.75, 3.05) is 32.7 Å². The van der Waals surface area contributed by atoms with E-state index in [-0.39, 0.29) is 23.7 Å². The van der Waals surface area contributed by atoms with Gasteiger partial charge in [0.05, 0.1) is 0 Å². The predicted molar refractivity (Wildman–Crippen MR) is 104 cm³/mol. The smallest absolute Gasteiger partial charge is 0.225 e. The number of carbonyl (C=O) groups is 3. The Balaban J connectivity index is 1.48. The molecule has 0 aromatic rings. The molecule has 2 heterocycles. The second-order valence-corrected chi connectivity index (χ2v) is 8.47. The van der Waals surface area contributed by atoms with Crippen molar-refractivity contribution >= 4 is 17.7 Å². The molecule has 3 rings (SSSR count). The van der Waals surface area contributed by atoms with Crippen molar-refractivity contribution in [3.05, 3.63) is 0 Å². The fraction of sp³-hybridized carbons (Fsp3) is 0.857. The van der Waals surface area contributed by atoms with Crippen LogP contribution >= 0.6 is 0 Å². The van der Waals surface area contributed by atoms with Crippen LogP contribution in [0.2, 0.25) is 0 Å². The Labute approximate surface area is 163 Å². The summed E-state index contributed by atoms with van der Waals surface area (Å²) >= 11 is 0. The summed E-state index contributed by atoms with van der Waals surface area (Å²) in [6.45, 7) is 7.24. The molecular weight excluding hydrogens is 342 g/mol. The van der Waals surface area contributed by atoms with E-state index in [0.717, 1.165) is 51.5 Å². The predicted octanol–water partition coefficient (Wildman–Crippen LogP) is 2.27. The summed E-state index contributed by atoms with van der Waals surface area (Å²) in [5.74, 6) is 0.817. The van der Waals surface area contributed by atoms with Gasteiger partial charge in [-0.05, 0) is 51.4 Å². The third-order valence-corrected chi connectivity index (χ3v) is 6.84. The molecule has 0 aromatic carbocycles. The van der Waals surface area contributed by atoms with Gasteiger partial charge in [-0.3, -0.25) is 14.4 Å². The molecular formula is C21H35N3O3. The molecule has 3 fully saturated rings. The highest BCUT2D eigenvalue weighted by Gasteiger charge is 2.36. The van der Waals surface area contributed by atoms with Crippen molar-refractivity contribution in [1.29, 1.82) is 0 Å². The molecule has 152 valence electrons. The number of hydrogen-bond donors (Lipinski definition) is 0. The van der Waals surface area contributed by atoms with Crippen LogP contribution in [0, 0.1) is 11.8 Å². The Hall–Kier alpha value is -1.59. The highest BCUT2D eigenvalue weighted by Crippen LogP contribution is 2.33. The summed E-state index contributed by atoms with van der Waals surface area (Å²) < 4.78 is 0. The quantitative estimate of drug-likeness (QED) is 0.758. The average Bonchev–Trinajstić information content (AvgIpc) is 2.72. The number of carbonyl (C=O) groups excluding carboxylic acids is 3. The van der Waals surface area contributed by atoms with Gasteiger partial charge in [0, 0.05) is 57.5 Å². The van der Waals surface area contributed by atoms with E-state index in [0.29, 0.717) is 38.1 Å². The fourth-order valence-electron chi connectivity index (χ4n) is 5.04. The summed E-state index contributed by atoms with van der Waals surface area (Å²) in [5, 5.41) is 0. The van der Waals surface area contributed by atoms with E-state index >= 15 is 0 Å². The molecule has 0 aromatic heterocycles. The monoisotopic (exact) mass is 377 g/mol. The topological polar surface area (TPSA) is 60.9 Å². The lowest BCUT2D eigenvalue weighted by Crippen LogP contribution is -2.52. The van der Waals surface area contributed by atoms with Crippen LogP contribution in [0.3, 0.4) is 0 Å². The first kappa shape index (κ1) is 20.2. The fourth-order valence-corrected chi connectivity index (χ4v) is 5.04. The van der Waals surface area contributed by atoms with Crippen LogP contribution in [0.1, 0.15) is 65.2 Å². The van der Waals surface area contributed by atoms with Gasteiger partial charge in [-0.2, -0.15) is 0 Å². The maximum Gasteiger partial charge on any atom is 0.225 e. The minimum absolute atomic E-state index is 0.0567. The molecule has 6 nitrogen and oxygen atoms in total. The van der Waals surface area contributed by atoms with Gasteiger partial charge < -0.3 is 14.7 Å². The summed E-state index contributed by atoms with van der Waals surface area (Å²) in [4.78, 5) is 43.1. The van der Waals surface area contributed by atoms with Crippen molar-refractivity contribution in [1.82, 2.24) is 14.7 Å². The molecule has 0 radical (unpaired) electrons. The van der Waals surface area contributed by atoms with E-state index in [2.05, 4.69) is 11.8 Å². The average molecular weight is 378 g/mol. The number of hydrogen-bond acceptors (Lipinski definition) is 3. The van der Waals surface area contributed by atoms with Gasteiger partial charge in [-0.25, -0.2) is 0 Å². The van der Waals surface area contributed by atoms with Gasteiger partial charge in [0.1, 0.15) is 0 Å². The molecule has 3 amide bonds. The molecule has 1 saturated carbocycles.